The SMILES string of the molecule is CC(NCCc1ccc(F)cc1)C(N)=NO. The van der Waals surface area contributed by atoms with Crippen LogP contribution in [0.5, 0.6) is 0 Å². The molecule has 0 aromatic heterocycles. The molecule has 0 bridgehead atoms. The Bertz CT molecular complexity index is 351. The molecule has 4 N–H and O–H groups in total. The van der Waals surface area contributed by atoms with E-state index in [1.54, 1.807) is 19.1 Å². The molecule has 1 rings (SSSR count). The molecule has 0 fully saturated rings. The van der Waals surface area contributed by atoms with Gasteiger partial charge in [-0.2, -0.15) is 0 Å². The minimum atomic E-state index is -0.235. The third-order valence-electron chi connectivity index (χ3n) is 2.34. The van der Waals surface area contributed by atoms with Crippen molar-refractivity contribution in [3.05, 3.63) is 35.6 Å². The zero-order valence-electron chi connectivity index (χ0n) is 9.15. The third-order valence-corrected chi connectivity index (χ3v) is 2.34. The number of hydrogen-bond donors (Lipinski definition) is 3. The lowest BCUT2D eigenvalue weighted by atomic mass is 10.1. The molecule has 0 saturated heterocycles. The highest BCUT2D eigenvalue weighted by atomic mass is 19.1. The Hall–Kier alpha value is -1.62. The van der Waals surface area contributed by atoms with E-state index < -0.39 is 0 Å². The molecule has 16 heavy (non-hydrogen) atoms. The second kappa shape index (κ2) is 6.07. The highest BCUT2D eigenvalue weighted by Crippen LogP contribution is 2.02. The van der Waals surface area contributed by atoms with E-state index in [9.17, 15) is 4.39 Å². The molecule has 0 aliphatic heterocycles. The van der Waals surface area contributed by atoms with Gasteiger partial charge in [0.05, 0.1) is 6.04 Å². The summed E-state index contributed by atoms with van der Waals surface area (Å²) in [6, 6.07) is 6.17. The zero-order valence-corrected chi connectivity index (χ0v) is 9.15. The Morgan fingerprint density at radius 3 is 2.69 bits per heavy atom. The van der Waals surface area contributed by atoms with Crippen LogP contribution in [0.4, 0.5) is 4.39 Å². The van der Waals surface area contributed by atoms with Gasteiger partial charge in [0.25, 0.3) is 0 Å². The lowest BCUT2D eigenvalue weighted by Gasteiger charge is -2.11. The van der Waals surface area contributed by atoms with Gasteiger partial charge in [-0.15, -0.1) is 0 Å². The average molecular weight is 225 g/mol. The Balaban J connectivity index is 2.33. The van der Waals surface area contributed by atoms with E-state index in [1.165, 1.54) is 12.1 Å². The fraction of sp³-hybridized carbons (Fsp3) is 0.364. The lowest BCUT2D eigenvalue weighted by molar-refractivity contribution is 0.315. The van der Waals surface area contributed by atoms with Gasteiger partial charge in [0.1, 0.15) is 5.82 Å². The predicted octanol–water partition coefficient (Wildman–Crippen LogP) is 1.09. The summed E-state index contributed by atoms with van der Waals surface area (Å²) in [7, 11) is 0. The normalized spacial score (nSPS) is 13.8. The lowest BCUT2D eigenvalue weighted by Crippen LogP contribution is -2.39. The maximum absolute atomic E-state index is 12.6. The van der Waals surface area contributed by atoms with Crippen LogP contribution in [0.3, 0.4) is 0 Å². The summed E-state index contributed by atoms with van der Waals surface area (Å²) in [5.74, 6) is -0.0826. The van der Waals surface area contributed by atoms with Crippen molar-refractivity contribution in [3.63, 3.8) is 0 Å². The molecule has 88 valence electrons. The van der Waals surface area contributed by atoms with Gasteiger partial charge in [-0.05, 0) is 37.6 Å². The maximum Gasteiger partial charge on any atom is 0.156 e. The highest BCUT2D eigenvalue weighted by molar-refractivity contribution is 5.84. The van der Waals surface area contributed by atoms with Gasteiger partial charge in [-0.3, -0.25) is 0 Å². The first-order chi connectivity index (χ1) is 7.63. The van der Waals surface area contributed by atoms with Crippen LogP contribution in [-0.4, -0.2) is 23.6 Å². The number of nitrogens with one attached hydrogen (secondary N) is 1. The van der Waals surface area contributed by atoms with Crippen LogP contribution in [0.1, 0.15) is 12.5 Å². The maximum atomic E-state index is 12.6. The van der Waals surface area contributed by atoms with Gasteiger partial charge in [-0.1, -0.05) is 17.3 Å². The molecule has 0 saturated carbocycles. The van der Waals surface area contributed by atoms with Gasteiger partial charge in [0.2, 0.25) is 0 Å². The third kappa shape index (κ3) is 3.86. The van der Waals surface area contributed by atoms with Crippen LogP contribution in [0.2, 0.25) is 0 Å². The van der Waals surface area contributed by atoms with Crippen molar-refractivity contribution in [2.45, 2.75) is 19.4 Å². The van der Waals surface area contributed by atoms with Crippen LogP contribution in [0, 0.1) is 5.82 Å². The molecule has 1 unspecified atom stereocenters. The molecule has 0 spiro atoms. The summed E-state index contributed by atoms with van der Waals surface area (Å²) in [5.41, 5.74) is 6.45. The average Bonchev–Trinajstić information content (AvgIpc) is 2.30. The summed E-state index contributed by atoms with van der Waals surface area (Å²) < 4.78 is 12.6. The van der Waals surface area contributed by atoms with Crippen LogP contribution in [0.25, 0.3) is 0 Å². The van der Waals surface area contributed by atoms with Crippen molar-refractivity contribution in [1.82, 2.24) is 5.32 Å². The monoisotopic (exact) mass is 225 g/mol. The Morgan fingerprint density at radius 1 is 1.50 bits per heavy atom. The number of rotatable bonds is 5. The van der Waals surface area contributed by atoms with Gasteiger partial charge >= 0.3 is 0 Å². The van der Waals surface area contributed by atoms with Crippen molar-refractivity contribution >= 4 is 5.84 Å². The van der Waals surface area contributed by atoms with E-state index >= 15 is 0 Å². The molecule has 4 nitrogen and oxygen atoms in total. The summed E-state index contributed by atoms with van der Waals surface area (Å²) in [5, 5.41) is 14.4. The number of hydrogen-bond acceptors (Lipinski definition) is 3. The van der Waals surface area contributed by atoms with Crippen molar-refractivity contribution in [2.75, 3.05) is 6.54 Å². The molecule has 5 heteroatoms. The first-order valence-electron chi connectivity index (χ1n) is 5.08. The number of nitrogens with two attached hydrogens (primary N) is 1. The zero-order chi connectivity index (χ0) is 12.0. The quantitative estimate of drug-likeness (QED) is 0.304. The molecule has 0 radical (unpaired) electrons. The number of oxime groups is 1. The van der Waals surface area contributed by atoms with E-state index in [0.29, 0.717) is 6.54 Å². The largest absolute Gasteiger partial charge is 0.409 e. The second-order valence-electron chi connectivity index (χ2n) is 3.58. The topological polar surface area (TPSA) is 70.6 Å². The standard InChI is InChI=1S/C11H16FN3O/c1-8(11(13)15-16)14-7-6-9-2-4-10(12)5-3-9/h2-5,8,14,16H,6-7H2,1H3,(H2,13,15). The minimum absolute atomic E-state index is 0.152. The highest BCUT2D eigenvalue weighted by Gasteiger charge is 2.05. The van der Waals surface area contributed by atoms with Crippen LogP contribution < -0.4 is 11.1 Å². The first-order valence-corrected chi connectivity index (χ1v) is 5.08. The van der Waals surface area contributed by atoms with E-state index in [2.05, 4.69) is 10.5 Å². The second-order valence-corrected chi connectivity index (χ2v) is 3.58. The van der Waals surface area contributed by atoms with E-state index in [1.807, 2.05) is 0 Å². The minimum Gasteiger partial charge on any atom is -0.409 e. The predicted molar refractivity (Wildman–Crippen MR) is 61.0 cm³/mol. The number of nitrogens with zero attached hydrogens (tertiary/aromatic N) is 1. The summed E-state index contributed by atoms with van der Waals surface area (Å²) in [4.78, 5) is 0. The first kappa shape index (κ1) is 12.4. The van der Waals surface area contributed by atoms with Crippen molar-refractivity contribution in [3.8, 4) is 0 Å². The van der Waals surface area contributed by atoms with Gasteiger partial charge in [0.15, 0.2) is 5.84 Å². The summed E-state index contributed by atoms with van der Waals surface area (Å²) in [6.07, 6.45) is 0.767. The summed E-state index contributed by atoms with van der Waals surface area (Å²) >= 11 is 0. The molecule has 1 aromatic carbocycles. The Kier molecular flexibility index (Phi) is 4.72. The molecule has 0 amide bonds. The molecule has 1 atom stereocenters. The van der Waals surface area contributed by atoms with Crippen LogP contribution >= 0.6 is 0 Å². The van der Waals surface area contributed by atoms with E-state index in [4.69, 9.17) is 10.9 Å². The van der Waals surface area contributed by atoms with Crippen LogP contribution in [0.15, 0.2) is 29.4 Å². The molecule has 0 heterocycles. The molecular weight excluding hydrogens is 209 g/mol. The molecular formula is C11H16FN3O. The van der Waals surface area contributed by atoms with E-state index in [0.717, 1.165) is 12.0 Å². The van der Waals surface area contributed by atoms with Crippen molar-refractivity contribution in [1.29, 1.82) is 0 Å². The molecule has 0 aliphatic rings. The Morgan fingerprint density at radius 2 is 2.12 bits per heavy atom. The number of amidine groups is 1. The van der Waals surface area contributed by atoms with Crippen LogP contribution in [-0.2, 0) is 6.42 Å². The Labute approximate surface area is 94.0 Å². The van der Waals surface area contributed by atoms with Gasteiger partial charge in [0, 0.05) is 0 Å². The number of halogens is 1. The smallest absolute Gasteiger partial charge is 0.156 e. The molecule has 1 aromatic rings. The number of benzene rings is 1. The van der Waals surface area contributed by atoms with Gasteiger partial charge < -0.3 is 16.3 Å². The summed E-state index contributed by atoms with van der Waals surface area (Å²) in [6.45, 7) is 2.49. The van der Waals surface area contributed by atoms with Crippen molar-refractivity contribution in [2.24, 2.45) is 10.9 Å². The fourth-order valence-electron chi connectivity index (χ4n) is 1.28. The van der Waals surface area contributed by atoms with Gasteiger partial charge in [-0.25, -0.2) is 4.39 Å². The van der Waals surface area contributed by atoms with Crippen molar-refractivity contribution < 1.29 is 9.60 Å². The van der Waals surface area contributed by atoms with E-state index in [-0.39, 0.29) is 17.7 Å². The fourth-order valence-corrected chi connectivity index (χ4v) is 1.28. The molecule has 0 aliphatic carbocycles.